The van der Waals surface area contributed by atoms with Crippen molar-refractivity contribution in [3.05, 3.63) is 60.4 Å². The van der Waals surface area contributed by atoms with Gasteiger partial charge in [-0.05, 0) is 23.9 Å². The molecule has 0 radical (unpaired) electrons. The number of nitrogens with two attached hydrogens (primary N) is 1. The van der Waals surface area contributed by atoms with E-state index in [9.17, 15) is 0 Å². The second kappa shape index (κ2) is 4.15. The third-order valence-electron chi connectivity index (χ3n) is 3.17. The molecule has 1 heterocycles. The van der Waals surface area contributed by atoms with Gasteiger partial charge in [-0.3, -0.25) is 4.98 Å². The molecule has 3 aromatic rings. The molecule has 0 unspecified atom stereocenters. The fraction of sp³-hybridized carbons (Fsp3) is 0.0625. The Bertz CT molecular complexity index is 712. The second-order valence-corrected chi connectivity index (χ2v) is 4.50. The lowest BCUT2D eigenvalue weighted by molar-refractivity contribution is 1.36. The van der Waals surface area contributed by atoms with Gasteiger partial charge in [-0.25, -0.2) is 0 Å². The lowest BCUT2D eigenvalue weighted by Crippen LogP contribution is -1.92. The molecule has 3 rings (SSSR count). The first-order valence-corrected chi connectivity index (χ1v) is 5.95. The molecule has 2 aromatic carbocycles. The molecule has 0 amide bonds. The molecule has 0 aliphatic heterocycles. The fourth-order valence-electron chi connectivity index (χ4n) is 2.26. The van der Waals surface area contributed by atoms with E-state index in [0.29, 0.717) is 0 Å². The molecular formula is C16H14N2. The van der Waals surface area contributed by atoms with Crippen molar-refractivity contribution in [2.75, 3.05) is 5.73 Å². The van der Waals surface area contributed by atoms with Crippen LogP contribution in [0.1, 0.15) is 5.56 Å². The average Bonchev–Trinajstić information content (AvgIpc) is 2.38. The van der Waals surface area contributed by atoms with Gasteiger partial charge < -0.3 is 5.73 Å². The van der Waals surface area contributed by atoms with Crippen LogP contribution in [0.3, 0.4) is 0 Å². The number of aromatic nitrogens is 1. The van der Waals surface area contributed by atoms with Gasteiger partial charge in [-0.1, -0.05) is 36.4 Å². The van der Waals surface area contributed by atoms with E-state index < -0.39 is 0 Å². The van der Waals surface area contributed by atoms with Gasteiger partial charge >= 0.3 is 0 Å². The summed E-state index contributed by atoms with van der Waals surface area (Å²) < 4.78 is 0. The van der Waals surface area contributed by atoms with Crippen molar-refractivity contribution in [3.8, 4) is 11.1 Å². The number of benzene rings is 2. The summed E-state index contributed by atoms with van der Waals surface area (Å²) in [7, 11) is 0. The zero-order valence-electron chi connectivity index (χ0n) is 10.2. The van der Waals surface area contributed by atoms with Crippen LogP contribution in [0.5, 0.6) is 0 Å². The summed E-state index contributed by atoms with van der Waals surface area (Å²) in [5.41, 5.74) is 10.2. The van der Waals surface area contributed by atoms with E-state index in [1.165, 1.54) is 10.9 Å². The third-order valence-corrected chi connectivity index (χ3v) is 3.17. The van der Waals surface area contributed by atoms with Crippen molar-refractivity contribution < 1.29 is 0 Å². The van der Waals surface area contributed by atoms with Crippen molar-refractivity contribution in [2.45, 2.75) is 6.92 Å². The Hall–Kier alpha value is -2.35. The Morgan fingerprint density at radius 2 is 1.78 bits per heavy atom. The highest BCUT2D eigenvalue weighted by atomic mass is 14.6. The topological polar surface area (TPSA) is 38.9 Å². The zero-order chi connectivity index (χ0) is 12.5. The van der Waals surface area contributed by atoms with Crippen molar-refractivity contribution in [2.24, 2.45) is 0 Å². The first kappa shape index (κ1) is 10.8. The van der Waals surface area contributed by atoms with Crippen LogP contribution in [-0.2, 0) is 0 Å². The Morgan fingerprint density at radius 3 is 2.61 bits per heavy atom. The lowest BCUT2D eigenvalue weighted by atomic mass is 9.98. The van der Waals surface area contributed by atoms with E-state index in [2.05, 4.69) is 29.2 Å². The maximum absolute atomic E-state index is 6.12. The van der Waals surface area contributed by atoms with Crippen LogP contribution in [0.25, 0.3) is 21.9 Å². The van der Waals surface area contributed by atoms with E-state index in [1.807, 2.05) is 37.5 Å². The number of hydrogen-bond acceptors (Lipinski definition) is 2. The Balaban J connectivity index is 2.31. The SMILES string of the molecule is Cc1ccc(-c2cncc3ccccc23)c(N)c1. The lowest BCUT2D eigenvalue weighted by Gasteiger charge is -2.09. The predicted molar refractivity (Wildman–Crippen MR) is 76.3 cm³/mol. The van der Waals surface area contributed by atoms with Gasteiger partial charge in [0.15, 0.2) is 0 Å². The predicted octanol–water partition coefficient (Wildman–Crippen LogP) is 3.79. The van der Waals surface area contributed by atoms with Gasteiger partial charge in [-0.15, -0.1) is 0 Å². The minimum Gasteiger partial charge on any atom is -0.398 e. The van der Waals surface area contributed by atoms with Crippen LogP contribution in [0.15, 0.2) is 54.9 Å². The van der Waals surface area contributed by atoms with Crippen LogP contribution in [-0.4, -0.2) is 4.98 Å². The molecular weight excluding hydrogens is 220 g/mol. The van der Waals surface area contributed by atoms with E-state index in [4.69, 9.17) is 5.73 Å². The maximum atomic E-state index is 6.12. The normalized spacial score (nSPS) is 10.7. The second-order valence-electron chi connectivity index (χ2n) is 4.50. The van der Waals surface area contributed by atoms with Gasteiger partial charge in [0, 0.05) is 34.6 Å². The molecule has 1 aromatic heterocycles. The number of fused-ring (bicyclic) bond motifs is 1. The van der Waals surface area contributed by atoms with Crippen molar-refractivity contribution >= 4 is 16.5 Å². The summed E-state index contributed by atoms with van der Waals surface area (Å²) in [5, 5.41) is 2.32. The quantitative estimate of drug-likeness (QED) is 0.650. The number of hydrogen-bond donors (Lipinski definition) is 1. The highest BCUT2D eigenvalue weighted by molar-refractivity contribution is 5.98. The molecule has 0 aliphatic carbocycles. The Morgan fingerprint density at radius 1 is 0.944 bits per heavy atom. The molecule has 0 aliphatic rings. The van der Waals surface area contributed by atoms with Crippen molar-refractivity contribution in [1.29, 1.82) is 0 Å². The summed E-state index contributed by atoms with van der Waals surface area (Å²) in [4.78, 5) is 4.30. The summed E-state index contributed by atoms with van der Waals surface area (Å²) in [6.45, 7) is 2.04. The largest absolute Gasteiger partial charge is 0.398 e. The highest BCUT2D eigenvalue weighted by Crippen LogP contribution is 2.31. The minimum atomic E-state index is 0.799. The third kappa shape index (κ3) is 1.72. The van der Waals surface area contributed by atoms with E-state index in [0.717, 1.165) is 22.2 Å². The molecule has 0 saturated heterocycles. The average molecular weight is 234 g/mol. The van der Waals surface area contributed by atoms with Crippen molar-refractivity contribution in [3.63, 3.8) is 0 Å². The van der Waals surface area contributed by atoms with Gasteiger partial charge in [0.2, 0.25) is 0 Å². The Kier molecular flexibility index (Phi) is 2.49. The Labute approximate surface area is 106 Å². The number of anilines is 1. The first-order chi connectivity index (χ1) is 8.75. The molecule has 88 valence electrons. The van der Waals surface area contributed by atoms with Crippen molar-refractivity contribution in [1.82, 2.24) is 4.98 Å². The standard InChI is InChI=1S/C16H14N2/c1-11-6-7-14(16(17)8-11)15-10-18-9-12-4-2-3-5-13(12)15/h2-10H,17H2,1H3. The monoisotopic (exact) mass is 234 g/mol. The van der Waals surface area contributed by atoms with Crippen LogP contribution >= 0.6 is 0 Å². The number of pyridine rings is 1. The van der Waals surface area contributed by atoms with E-state index in [1.54, 1.807) is 0 Å². The summed E-state index contributed by atoms with van der Waals surface area (Å²) in [6.07, 6.45) is 3.76. The maximum Gasteiger partial charge on any atom is 0.0397 e. The van der Waals surface area contributed by atoms with Gasteiger partial charge in [0.1, 0.15) is 0 Å². The van der Waals surface area contributed by atoms with E-state index in [-0.39, 0.29) is 0 Å². The van der Waals surface area contributed by atoms with Gasteiger partial charge in [0.05, 0.1) is 0 Å². The van der Waals surface area contributed by atoms with Crippen LogP contribution < -0.4 is 5.73 Å². The molecule has 2 heteroatoms. The summed E-state index contributed by atoms with van der Waals surface area (Å²) in [5.74, 6) is 0. The molecule has 0 saturated carbocycles. The molecule has 2 nitrogen and oxygen atoms in total. The van der Waals surface area contributed by atoms with Crippen LogP contribution in [0, 0.1) is 6.92 Å². The summed E-state index contributed by atoms with van der Waals surface area (Å²) >= 11 is 0. The number of nitrogens with zero attached hydrogens (tertiary/aromatic N) is 1. The van der Waals surface area contributed by atoms with Crippen LogP contribution in [0.2, 0.25) is 0 Å². The summed E-state index contributed by atoms with van der Waals surface area (Å²) in [6, 6.07) is 14.4. The number of rotatable bonds is 1. The zero-order valence-corrected chi connectivity index (χ0v) is 10.2. The first-order valence-electron chi connectivity index (χ1n) is 5.95. The smallest absolute Gasteiger partial charge is 0.0397 e. The highest BCUT2D eigenvalue weighted by Gasteiger charge is 2.07. The molecule has 0 bridgehead atoms. The fourth-order valence-corrected chi connectivity index (χ4v) is 2.26. The minimum absolute atomic E-state index is 0.799. The van der Waals surface area contributed by atoms with E-state index >= 15 is 0 Å². The number of aryl methyl sites for hydroxylation is 1. The molecule has 0 fully saturated rings. The molecule has 18 heavy (non-hydrogen) atoms. The molecule has 0 atom stereocenters. The van der Waals surface area contributed by atoms with Crippen LogP contribution in [0.4, 0.5) is 5.69 Å². The number of nitrogen functional groups attached to an aromatic ring is 1. The van der Waals surface area contributed by atoms with Gasteiger partial charge in [-0.2, -0.15) is 0 Å². The van der Waals surface area contributed by atoms with Gasteiger partial charge in [0.25, 0.3) is 0 Å². The molecule has 0 spiro atoms. The molecule has 2 N–H and O–H groups in total.